The number of aromatic nitrogens is 1. The second kappa shape index (κ2) is 11.4. The van der Waals surface area contributed by atoms with E-state index >= 15 is 0 Å². The molecule has 1 heterocycles. The first kappa shape index (κ1) is 26.1. The lowest BCUT2D eigenvalue weighted by atomic mass is 10.2. The summed E-state index contributed by atoms with van der Waals surface area (Å²) in [4.78, 5) is 22.4. The molecule has 1 amide bonds. The van der Waals surface area contributed by atoms with Crippen molar-refractivity contribution in [2.45, 2.75) is 18.7 Å². The Balaban J connectivity index is 1.63. The molecule has 0 bridgehead atoms. The number of carbonyl (C=O) groups is 1. The molecule has 4 rings (SSSR count). The first-order valence-corrected chi connectivity index (χ1v) is 14.3. The number of amides is 1. The third-order valence-corrected chi connectivity index (χ3v) is 8.49. The Morgan fingerprint density at radius 3 is 2.39 bits per heavy atom. The fourth-order valence-electron chi connectivity index (χ4n) is 3.74. The van der Waals surface area contributed by atoms with Crippen molar-refractivity contribution in [3.05, 3.63) is 83.4 Å². The average Bonchev–Trinajstić information content (AvgIpc) is 3.30. The van der Waals surface area contributed by atoms with Gasteiger partial charge in [0, 0.05) is 29.4 Å². The predicted molar refractivity (Wildman–Crippen MR) is 148 cm³/mol. The SMILES string of the molecule is CCN(CC)CCN(C(=O)c1cccc(NS(=O)(=O)c2ccc(Cl)cc2)c1)c1nc2ccccc2s1. The molecule has 0 aliphatic carbocycles. The van der Waals surface area contributed by atoms with Crippen LogP contribution in [0, 0.1) is 0 Å². The van der Waals surface area contributed by atoms with Crippen molar-refractivity contribution in [3.63, 3.8) is 0 Å². The maximum absolute atomic E-state index is 13.7. The minimum Gasteiger partial charge on any atom is -0.302 e. The Morgan fingerprint density at radius 1 is 0.972 bits per heavy atom. The third-order valence-electron chi connectivity index (χ3n) is 5.78. The zero-order chi connectivity index (χ0) is 25.7. The molecule has 0 aliphatic rings. The molecule has 188 valence electrons. The molecule has 0 atom stereocenters. The second-order valence-corrected chi connectivity index (χ2v) is 11.2. The molecule has 0 spiro atoms. The lowest BCUT2D eigenvalue weighted by molar-refractivity contribution is 0.0984. The van der Waals surface area contributed by atoms with E-state index in [0.717, 1.165) is 23.3 Å². The number of sulfonamides is 1. The number of anilines is 2. The van der Waals surface area contributed by atoms with Crippen LogP contribution in [0.4, 0.5) is 10.8 Å². The van der Waals surface area contributed by atoms with Gasteiger partial charge >= 0.3 is 0 Å². The summed E-state index contributed by atoms with van der Waals surface area (Å²) in [6, 6.07) is 20.2. The number of hydrogen-bond acceptors (Lipinski definition) is 6. The van der Waals surface area contributed by atoms with Gasteiger partial charge in [0.2, 0.25) is 0 Å². The number of halogens is 1. The maximum atomic E-state index is 13.7. The van der Waals surface area contributed by atoms with Crippen molar-refractivity contribution < 1.29 is 13.2 Å². The summed E-state index contributed by atoms with van der Waals surface area (Å²) in [7, 11) is -3.84. The van der Waals surface area contributed by atoms with E-state index in [2.05, 4.69) is 23.5 Å². The Morgan fingerprint density at radius 2 is 1.69 bits per heavy atom. The highest BCUT2D eigenvalue weighted by atomic mass is 35.5. The molecule has 0 fully saturated rings. The average molecular weight is 543 g/mol. The maximum Gasteiger partial charge on any atom is 0.261 e. The summed E-state index contributed by atoms with van der Waals surface area (Å²) in [5.74, 6) is -0.242. The number of nitrogens with zero attached hydrogens (tertiary/aromatic N) is 3. The molecular weight excluding hydrogens is 516 g/mol. The standard InChI is InChI=1S/C26H27ClN4O3S2/c1-3-30(4-2)16-17-31(26-28-23-10-5-6-11-24(23)35-26)25(32)19-8-7-9-21(18-19)29-36(33,34)22-14-12-20(27)13-15-22/h5-15,18,29H,3-4,16-17H2,1-2H3. The van der Waals surface area contributed by atoms with Crippen molar-refractivity contribution in [1.82, 2.24) is 9.88 Å². The number of likely N-dealkylation sites (N-methyl/N-ethyl adjacent to an activating group) is 1. The molecule has 7 nitrogen and oxygen atoms in total. The Labute approximate surface area is 220 Å². The van der Waals surface area contributed by atoms with Gasteiger partial charge in [-0.05, 0) is 67.7 Å². The normalized spacial score (nSPS) is 11.7. The summed E-state index contributed by atoms with van der Waals surface area (Å²) in [6.45, 7) is 7.08. The summed E-state index contributed by atoms with van der Waals surface area (Å²) in [6.07, 6.45) is 0. The van der Waals surface area contributed by atoms with Crippen LogP contribution in [0.5, 0.6) is 0 Å². The quantitative estimate of drug-likeness (QED) is 0.276. The van der Waals surface area contributed by atoms with Gasteiger partial charge in [-0.2, -0.15) is 0 Å². The number of hydrogen-bond donors (Lipinski definition) is 1. The second-order valence-electron chi connectivity index (χ2n) is 8.09. The fraction of sp³-hybridized carbons (Fsp3) is 0.231. The smallest absolute Gasteiger partial charge is 0.261 e. The van der Waals surface area contributed by atoms with Crippen LogP contribution in [0.25, 0.3) is 10.2 Å². The van der Waals surface area contributed by atoms with Crippen molar-refractivity contribution in [1.29, 1.82) is 0 Å². The number of rotatable bonds is 10. The molecule has 0 saturated heterocycles. The summed E-state index contributed by atoms with van der Waals surface area (Å²) >= 11 is 7.34. The van der Waals surface area contributed by atoms with Gasteiger partial charge in [0.25, 0.3) is 15.9 Å². The largest absolute Gasteiger partial charge is 0.302 e. The van der Waals surface area contributed by atoms with Gasteiger partial charge in [0.05, 0.1) is 15.1 Å². The lowest BCUT2D eigenvalue weighted by Crippen LogP contribution is -2.38. The molecule has 4 aromatic rings. The Kier molecular flexibility index (Phi) is 8.25. The van der Waals surface area contributed by atoms with Crippen LogP contribution in [0.2, 0.25) is 5.02 Å². The van der Waals surface area contributed by atoms with Crippen LogP contribution >= 0.6 is 22.9 Å². The van der Waals surface area contributed by atoms with E-state index in [-0.39, 0.29) is 10.8 Å². The van der Waals surface area contributed by atoms with Crippen LogP contribution in [0.3, 0.4) is 0 Å². The van der Waals surface area contributed by atoms with E-state index in [4.69, 9.17) is 16.6 Å². The van der Waals surface area contributed by atoms with Gasteiger partial charge in [-0.25, -0.2) is 13.4 Å². The minimum atomic E-state index is -3.84. The van der Waals surface area contributed by atoms with Crippen molar-refractivity contribution in [3.8, 4) is 0 Å². The van der Waals surface area contributed by atoms with Gasteiger partial charge < -0.3 is 4.90 Å². The predicted octanol–water partition coefficient (Wildman–Crippen LogP) is 5.74. The van der Waals surface area contributed by atoms with Gasteiger partial charge in [0.1, 0.15) is 0 Å². The number of carbonyl (C=O) groups excluding carboxylic acids is 1. The topological polar surface area (TPSA) is 82.6 Å². The first-order chi connectivity index (χ1) is 17.3. The number of benzene rings is 3. The molecule has 1 N–H and O–H groups in total. The highest BCUT2D eigenvalue weighted by Crippen LogP contribution is 2.30. The molecule has 1 aromatic heterocycles. The first-order valence-electron chi connectivity index (χ1n) is 11.6. The van der Waals surface area contributed by atoms with Crippen LogP contribution in [-0.2, 0) is 10.0 Å². The van der Waals surface area contributed by atoms with Crippen LogP contribution in [0.15, 0.2) is 77.7 Å². The molecule has 10 heteroatoms. The number of fused-ring (bicyclic) bond motifs is 1. The van der Waals surface area contributed by atoms with E-state index in [0.29, 0.717) is 34.5 Å². The molecule has 3 aromatic carbocycles. The fourth-order valence-corrected chi connectivity index (χ4v) is 5.91. The lowest BCUT2D eigenvalue weighted by Gasteiger charge is -2.25. The molecule has 0 saturated carbocycles. The van der Waals surface area contributed by atoms with Crippen LogP contribution < -0.4 is 9.62 Å². The number of nitrogens with one attached hydrogen (secondary N) is 1. The molecule has 0 unspecified atom stereocenters. The van der Waals surface area contributed by atoms with E-state index in [1.165, 1.54) is 35.6 Å². The monoisotopic (exact) mass is 542 g/mol. The van der Waals surface area contributed by atoms with E-state index in [1.807, 2.05) is 24.3 Å². The third kappa shape index (κ3) is 6.04. The molecule has 0 radical (unpaired) electrons. The van der Waals surface area contributed by atoms with Crippen LogP contribution in [0.1, 0.15) is 24.2 Å². The highest BCUT2D eigenvalue weighted by Gasteiger charge is 2.23. The van der Waals surface area contributed by atoms with E-state index in [1.54, 1.807) is 29.2 Å². The van der Waals surface area contributed by atoms with E-state index in [9.17, 15) is 13.2 Å². The van der Waals surface area contributed by atoms with Crippen molar-refractivity contribution >= 4 is 59.9 Å². The van der Waals surface area contributed by atoms with Gasteiger partial charge in [-0.15, -0.1) is 0 Å². The van der Waals surface area contributed by atoms with Gasteiger partial charge in [0.15, 0.2) is 5.13 Å². The van der Waals surface area contributed by atoms with Crippen molar-refractivity contribution in [2.24, 2.45) is 0 Å². The van der Waals surface area contributed by atoms with Crippen molar-refractivity contribution in [2.75, 3.05) is 35.8 Å². The molecule has 0 aliphatic heterocycles. The Hall–Kier alpha value is -2.98. The zero-order valence-electron chi connectivity index (χ0n) is 20.0. The zero-order valence-corrected chi connectivity index (χ0v) is 22.4. The van der Waals surface area contributed by atoms with E-state index < -0.39 is 10.0 Å². The van der Waals surface area contributed by atoms with Gasteiger partial charge in [-0.1, -0.05) is 55.0 Å². The molecule has 36 heavy (non-hydrogen) atoms. The summed E-state index contributed by atoms with van der Waals surface area (Å²) < 4.78 is 29.2. The Bertz CT molecular complexity index is 1420. The van der Waals surface area contributed by atoms with Gasteiger partial charge in [-0.3, -0.25) is 14.4 Å². The number of thiazole rings is 1. The summed E-state index contributed by atoms with van der Waals surface area (Å²) in [5.41, 5.74) is 1.50. The highest BCUT2D eigenvalue weighted by molar-refractivity contribution is 7.92. The van der Waals surface area contributed by atoms with Crippen LogP contribution in [-0.4, -0.2) is 50.4 Å². The minimum absolute atomic E-state index is 0.0824. The summed E-state index contributed by atoms with van der Waals surface area (Å²) in [5, 5.41) is 1.06. The molecular formula is C26H27ClN4O3S2. The number of para-hydroxylation sites is 1.